The number of nitrogens with two attached hydrogens (primary N) is 1. The second-order valence-corrected chi connectivity index (χ2v) is 3.03. The number of aliphatic hydroxyl groups is 1. The smallest absolute Gasteiger partial charge is 0.300 e. The van der Waals surface area contributed by atoms with Crippen LogP contribution in [0.2, 0.25) is 0 Å². The molecule has 0 aromatic heterocycles. The van der Waals surface area contributed by atoms with Gasteiger partial charge in [-0.3, -0.25) is 4.79 Å². The molecule has 72 valence electrons. The largest absolute Gasteiger partial charge is 0.481 e. The number of aliphatic carboxylic acids is 1. The van der Waals surface area contributed by atoms with Crippen LogP contribution in [0.15, 0.2) is 0 Å². The van der Waals surface area contributed by atoms with Crippen molar-refractivity contribution in [1.29, 1.82) is 0 Å². The van der Waals surface area contributed by atoms with Crippen LogP contribution in [0.1, 0.15) is 32.6 Å². The Bertz CT molecular complexity index is 124. The van der Waals surface area contributed by atoms with Crippen LogP contribution in [0.3, 0.4) is 0 Å². The molecule has 1 fully saturated rings. The third-order valence-electron chi connectivity index (χ3n) is 1.78. The van der Waals surface area contributed by atoms with Crippen LogP contribution in [0.25, 0.3) is 0 Å². The number of carboxylic acid groups (broad SMARTS) is 1. The maximum Gasteiger partial charge on any atom is 0.300 e. The van der Waals surface area contributed by atoms with Crippen LogP contribution in [-0.2, 0) is 4.79 Å². The highest BCUT2D eigenvalue weighted by molar-refractivity contribution is 5.62. The van der Waals surface area contributed by atoms with E-state index in [-0.39, 0.29) is 12.1 Å². The molecule has 4 nitrogen and oxygen atoms in total. The predicted molar refractivity (Wildman–Crippen MR) is 45.8 cm³/mol. The first kappa shape index (κ1) is 11.4. The minimum atomic E-state index is -0.833. The number of carbonyl (C=O) groups is 1. The van der Waals surface area contributed by atoms with Gasteiger partial charge in [-0.1, -0.05) is 12.8 Å². The Labute approximate surface area is 72.4 Å². The summed E-state index contributed by atoms with van der Waals surface area (Å²) in [6.07, 6.45) is 4.03. The molecule has 0 saturated heterocycles. The molecule has 1 rings (SSSR count). The van der Waals surface area contributed by atoms with E-state index in [0.29, 0.717) is 0 Å². The van der Waals surface area contributed by atoms with Crippen molar-refractivity contribution in [2.75, 3.05) is 0 Å². The fraction of sp³-hybridized carbons (Fsp3) is 0.875. The second kappa shape index (κ2) is 5.97. The Morgan fingerprint density at radius 1 is 1.42 bits per heavy atom. The summed E-state index contributed by atoms with van der Waals surface area (Å²) < 4.78 is 0. The van der Waals surface area contributed by atoms with Gasteiger partial charge < -0.3 is 15.9 Å². The van der Waals surface area contributed by atoms with Crippen LogP contribution < -0.4 is 5.73 Å². The maximum absolute atomic E-state index is 9.05. The van der Waals surface area contributed by atoms with Gasteiger partial charge in [-0.05, 0) is 12.8 Å². The zero-order chi connectivity index (χ0) is 9.56. The molecule has 4 heteroatoms. The van der Waals surface area contributed by atoms with Gasteiger partial charge >= 0.3 is 0 Å². The quantitative estimate of drug-likeness (QED) is 0.495. The Morgan fingerprint density at radius 2 is 1.83 bits per heavy atom. The minimum Gasteiger partial charge on any atom is -0.481 e. The van der Waals surface area contributed by atoms with E-state index in [0.717, 1.165) is 26.2 Å². The summed E-state index contributed by atoms with van der Waals surface area (Å²) in [5.41, 5.74) is 5.53. The van der Waals surface area contributed by atoms with E-state index in [9.17, 15) is 0 Å². The predicted octanol–water partition coefficient (Wildman–Crippen LogP) is 0.339. The minimum absolute atomic E-state index is 0.0590. The Morgan fingerprint density at radius 3 is 2.08 bits per heavy atom. The second-order valence-electron chi connectivity index (χ2n) is 3.03. The lowest BCUT2D eigenvalue weighted by atomic mass is 9.94. The van der Waals surface area contributed by atoms with Gasteiger partial charge in [0.15, 0.2) is 0 Å². The van der Waals surface area contributed by atoms with Gasteiger partial charge in [0.1, 0.15) is 0 Å². The maximum atomic E-state index is 9.05. The van der Waals surface area contributed by atoms with Crippen molar-refractivity contribution in [3.63, 3.8) is 0 Å². The molecule has 2 unspecified atom stereocenters. The van der Waals surface area contributed by atoms with E-state index in [1.807, 2.05) is 0 Å². The Hall–Kier alpha value is -0.610. The van der Waals surface area contributed by atoms with Crippen molar-refractivity contribution >= 4 is 5.97 Å². The van der Waals surface area contributed by atoms with Gasteiger partial charge in [0.25, 0.3) is 5.97 Å². The molecular formula is C8H17NO3. The first-order valence-corrected chi connectivity index (χ1v) is 4.17. The molecule has 1 saturated carbocycles. The van der Waals surface area contributed by atoms with E-state index < -0.39 is 5.97 Å². The van der Waals surface area contributed by atoms with Gasteiger partial charge in [-0.15, -0.1) is 0 Å². The normalized spacial score (nSPS) is 28.6. The highest BCUT2D eigenvalue weighted by atomic mass is 16.4. The molecule has 0 aromatic carbocycles. The molecule has 4 N–H and O–H groups in total. The van der Waals surface area contributed by atoms with Crippen molar-refractivity contribution in [2.45, 2.75) is 44.8 Å². The summed E-state index contributed by atoms with van der Waals surface area (Å²) in [5.74, 6) is -0.833. The van der Waals surface area contributed by atoms with Crippen LogP contribution >= 0.6 is 0 Å². The first-order valence-electron chi connectivity index (χ1n) is 4.17. The van der Waals surface area contributed by atoms with Crippen molar-refractivity contribution in [3.05, 3.63) is 0 Å². The zero-order valence-corrected chi connectivity index (χ0v) is 7.36. The lowest BCUT2D eigenvalue weighted by Crippen LogP contribution is -2.37. The third kappa shape index (κ3) is 6.12. The molecule has 0 heterocycles. The van der Waals surface area contributed by atoms with E-state index >= 15 is 0 Å². The van der Waals surface area contributed by atoms with Crippen molar-refractivity contribution in [2.24, 2.45) is 5.73 Å². The summed E-state index contributed by atoms with van der Waals surface area (Å²) >= 11 is 0. The van der Waals surface area contributed by atoms with Crippen LogP contribution in [0, 0.1) is 0 Å². The summed E-state index contributed by atoms with van der Waals surface area (Å²) in [7, 11) is 0. The van der Waals surface area contributed by atoms with Gasteiger partial charge in [0.05, 0.1) is 6.10 Å². The Balaban J connectivity index is 0.000000261. The Kier molecular flexibility index (Phi) is 5.66. The fourth-order valence-corrected chi connectivity index (χ4v) is 1.14. The summed E-state index contributed by atoms with van der Waals surface area (Å²) in [6, 6.07) is 0.0590. The molecule has 1 aliphatic carbocycles. The fourth-order valence-electron chi connectivity index (χ4n) is 1.14. The van der Waals surface area contributed by atoms with Crippen LogP contribution in [0.5, 0.6) is 0 Å². The number of hydrogen-bond acceptors (Lipinski definition) is 3. The van der Waals surface area contributed by atoms with Crippen molar-refractivity contribution < 1.29 is 15.0 Å². The number of hydrogen-bond donors (Lipinski definition) is 3. The van der Waals surface area contributed by atoms with E-state index in [4.69, 9.17) is 20.7 Å². The van der Waals surface area contributed by atoms with Crippen molar-refractivity contribution in [1.82, 2.24) is 0 Å². The number of carboxylic acids is 1. The highest BCUT2D eigenvalue weighted by Gasteiger charge is 2.17. The third-order valence-corrected chi connectivity index (χ3v) is 1.78. The molecule has 0 aromatic rings. The van der Waals surface area contributed by atoms with E-state index in [1.165, 1.54) is 6.42 Å². The molecule has 0 spiro atoms. The first-order chi connectivity index (χ1) is 5.54. The summed E-state index contributed by atoms with van der Waals surface area (Å²) in [4.78, 5) is 9.00. The van der Waals surface area contributed by atoms with Crippen LogP contribution in [0.4, 0.5) is 0 Å². The standard InChI is InChI=1S/C6H13NO.C2H4O2/c7-5-3-1-2-4-6(5)8;1-2(3)4/h5-6,8H,1-4,7H2;1H3,(H,3,4). The lowest BCUT2D eigenvalue weighted by Gasteiger charge is -2.23. The summed E-state index contributed by atoms with van der Waals surface area (Å²) in [5, 5.41) is 16.5. The summed E-state index contributed by atoms with van der Waals surface area (Å²) in [6.45, 7) is 1.08. The van der Waals surface area contributed by atoms with Gasteiger partial charge in [-0.25, -0.2) is 0 Å². The average molecular weight is 175 g/mol. The van der Waals surface area contributed by atoms with E-state index in [2.05, 4.69) is 0 Å². The monoisotopic (exact) mass is 175 g/mol. The van der Waals surface area contributed by atoms with Gasteiger partial charge in [0, 0.05) is 13.0 Å². The van der Waals surface area contributed by atoms with E-state index in [1.54, 1.807) is 0 Å². The van der Waals surface area contributed by atoms with Gasteiger partial charge in [0.2, 0.25) is 0 Å². The molecular weight excluding hydrogens is 158 g/mol. The molecule has 2 atom stereocenters. The molecule has 0 bridgehead atoms. The molecule has 0 radical (unpaired) electrons. The molecule has 0 amide bonds. The zero-order valence-electron chi connectivity index (χ0n) is 7.36. The highest BCUT2D eigenvalue weighted by Crippen LogP contribution is 2.15. The number of aliphatic hydroxyl groups excluding tert-OH is 1. The SMILES string of the molecule is CC(=O)O.NC1CCCCC1O. The van der Waals surface area contributed by atoms with Gasteiger partial charge in [-0.2, -0.15) is 0 Å². The van der Waals surface area contributed by atoms with Crippen molar-refractivity contribution in [3.8, 4) is 0 Å². The topological polar surface area (TPSA) is 83.5 Å². The number of rotatable bonds is 0. The average Bonchev–Trinajstić information content (AvgIpc) is 1.94. The molecule has 1 aliphatic rings. The molecule has 12 heavy (non-hydrogen) atoms. The van der Waals surface area contributed by atoms with Crippen LogP contribution in [-0.4, -0.2) is 28.3 Å². The lowest BCUT2D eigenvalue weighted by molar-refractivity contribution is -0.134. The molecule has 0 aliphatic heterocycles.